The van der Waals surface area contributed by atoms with E-state index in [9.17, 15) is 4.79 Å². The van der Waals surface area contributed by atoms with Crippen molar-refractivity contribution in [3.63, 3.8) is 0 Å². The van der Waals surface area contributed by atoms with Gasteiger partial charge < -0.3 is 10.2 Å². The van der Waals surface area contributed by atoms with Crippen molar-refractivity contribution in [2.75, 3.05) is 0 Å². The van der Waals surface area contributed by atoms with E-state index in [0.29, 0.717) is 22.6 Å². The third kappa shape index (κ3) is 2.69. The molecule has 0 aliphatic rings. The molecule has 1 heterocycles. The van der Waals surface area contributed by atoms with Crippen LogP contribution in [0.2, 0.25) is 0 Å². The second kappa shape index (κ2) is 4.75. The molecular weight excluding hydrogens is 246 g/mol. The number of rotatable bonds is 4. The molecule has 1 atom stereocenters. The van der Waals surface area contributed by atoms with Gasteiger partial charge in [0.1, 0.15) is 0 Å². The molecule has 0 aliphatic heterocycles. The van der Waals surface area contributed by atoms with E-state index in [0.717, 1.165) is 0 Å². The van der Waals surface area contributed by atoms with E-state index >= 15 is 0 Å². The van der Waals surface area contributed by atoms with Crippen LogP contribution in [0.5, 0.6) is 0 Å². The van der Waals surface area contributed by atoms with Gasteiger partial charge in [0.15, 0.2) is 5.76 Å². The first-order chi connectivity index (χ1) is 6.52. The molecule has 14 heavy (non-hydrogen) atoms. The maximum absolute atomic E-state index is 11.7. The molecule has 4 heteroatoms. The zero-order valence-electron chi connectivity index (χ0n) is 8.29. The summed E-state index contributed by atoms with van der Waals surface area (Å²) in [5.41, 5.74) is 5.75. The van der Waals surface area contributed by atoms with Crippen LogP contribution in [-0.4, -0.2) is 11.8 Å². The highest BCUT2D eigenvalue weighted by Gasteiger charge is 2.21. The molecule has 1 aromatic rings. The molecule has 0 spiro atoms. The summed E-state index contributed by atoms with van der Waals surface area (Å²) in [7, 11) is 0. The Morgan fingerprint density at radius 3 is 2.71 bits per heavy atom. The normalized spacial score (nSPS) is 13.2. The van der Waals surface area contributed by atoms with E-state index in [2.05, 4.69) is 15.9 Å². The lowest BCUT2D eigenvalue weighted by Gasteiger charge is -2.11. The molecule has 0 fully saturated rings. The molecule has 0 aliphatic carbocycles. The SMILES string of the molecule is CC(C)CC(N)C(=O)c1occc1Br. The van der Waals surface area contributed by atoms with Crippen molar-refractivity contribution in [2.45, 2.75) is 26.3 Å². The highest BCUT2D eigenvalue weighted by molar-refractivity contribution is 9.10. The van der Waals surface area contributed by atoms with Crippen molar-refractivity contribution >= 4 is 21.7 Å². The number of halogens is 1. The van der Waals surface area contributed by atoms with Gasteiger partial charge in [0.25, 0.3) is 0 Å². The summed E-state index contributed by atoms with van der Waals surface area (Å²) < 4.78 is 5.72. The van der Waals surface area contributed by atoms with Gasteiger partial charge in [-0.1, -0.05) is 13.8 Å². The fraction of sp³-hybridized carbons (Fsp3) is 0.500. The topological polar surface area (TPSA) is 56.2 Å². The van der Waals surface area contributed by atoms with Gasteiger partial charge in [0.05, 0.1) is 16.8 Å². The molecule has 0 saturated carbocycles. The zero-order chi connectivity index (χ0) is 10.7. The second-order valence-electron chi connectivity index (χ2n) is 3.70. The standard InChI is InChI=1S/C10H14BrNO2/c1-6(2)5-8(12)9(13)10-7(11)3-4-14-10/h3-4,6,8H,5,12H2,1-2H3. The summed E-state index contributed by atoms with van der Waals surface area (Å²) in [5.74, 6) is 0.580. The van der Waals surface area contributed by atoms with Crippen molar-refractivity contribution in [1.29, 1.82) is 0 Å². The van der Waals surface area contributed by atoms with Crippen LogP contribution in [0, 0.1) is 5.92 Å². The molecule has 0 bridgehead atoms. The van der Waals surface area contributed by atoms with E-state index in [1.807, 2.05) is 13.8 Å². The molecule has 78 valence electrons. The lowest BCUT2D eigenvalue weighted by molar-refractivity contribution is 0.0922. The number of hydrogen-bond acceptors (Lipinski definition) is 3. The largest absolute Gasteiger partial charge is 0.460 e. The van der Waals surface area contributed by atoms with Crippen LogP contribution in [0.4, 0.5) is 0 Å². The monoisotopic (exact) mass is 259 g/mol. The molecule has 2 N–H and O–H groups in total. The zero-order valence-corrected chi connectivity index (χ0v) is 9.87. The number of nitrogens with two attached hydrogens (primary N) is 1. The van der Waals surface area contributed by atoms with Gasteiger partial charge in [-0.15, -0.1) is 0 Å². The maximum Gasteiger partial charge on any atom is 0.215 e. The first kappa shape index (κ1) is 11.5. The van der Waals surface area contributed by atoms with Crippen molar-refractivity contribution < 1.29 is 9.21 Å². The van der Waals surface area contributed by atoms with Gasteiger partial charge in [-0.25, -0.2) is 0 Å². The average molecular weight is 260 g/mol. The molecular formula is C10H14BrNO2. The smallest absolute Gasteiger partial charge is 0.215 e. The highest BCUT2D eigenvalue weighted by Crippen LogP contribution is 2.20. The Labute approximate surface area is 91.8 Å². The third-order valence-electron chi connectivity index (χ3n) is 1.90. The summed E-state index contributed by atoms with van der Waals surface area (Å²) in [6, 6.07) is 1.22. The van der Waals surface area contributed by atoms with E-state index < -0.39 is 6.04 Å². The van der Waals surface area contributed by atoms with Crippen molar-refractivity contribution in [2.24, 2.45) is 11.7 Å². The average Bonchev–Trinajstić information content (AvgIpc) is 2.48. The Morgan fingerprint density at radius 1 is 1.64 bits per heavy atom. The van der Waals surface area contributed by atoms with Gasteiger partial charge in [0.2, 0.25) is 5.78 Å². The maximum atomic E-state index is 11.7. The Balaban J connectivity index is 2.71. The Morgan fingerprint density at radius 2 is 2.29 bits per heavy atom. The van der Waals surface area contributed by atoms with E-state index in [1.165, 1.54) is 6.26 Å². The lowest BCUT2D eigenvalue weighted by Crippen LogP contribution is -2.31. The van der Waals surface area contributed by atoms with Gasteiger partial charge in [-0.3, -0.25) is 4.79 Å². The number of furan rings is 1. The van der Waals surface area contributed by atoms with Crippen LogP contribution < -0.4 is 5.73 Å². The minimum atomic E-state index is -0.475. The van der Waals surface area contributed by atoms with Crippen LogP contribution in [0.1, 0.15) is 30.8 Å². The number of carbonyl (C=O) groups is 1. The predicted octanol–water partition coefficient (Wildman–Crippen LogP) is 2.60. The van der Waals surface area contributed by atoms with E-state index in [4.69, 9.17) is 10.2 Å². The second-order valence-corrected chi connectivity index (χ2v) is 4.55. The first-order valence-electron chi connectivity index (χ1n) is 4.55. The molecule has 0 aromatic carbocycles. The van der Waals surface area contributed by atoms with Gasteiger partial charge in [-0.05, 0) is 34.3 Å². The Hall–Kier alpha value is -0.610. The molecule has 1 unspecified atom stereocenters. The van der Waals surface area contributed by atoms with Gasteiger partial charge >= 0.3 is 0 Å². The lowest BCUT2D eigenvalue weighted by atomic mass is 10.00. The molecule has 1 aromatic heterocycles. The number of hydrogen-bond donors (Lipinski definition) is 1. The first-order valence-corrected chi connectivity index (χ1v) is 5.34. The van der Waals surface area contributed by atoms with Crippen molar-refractivity contribution in [3.05, 3.63) is 22.6 Å². The highest BCUT2D eigenvalue weighted by atomic mass is 79.9. The minimum absolute atomic E-state index is 0.143. The van der Waals surface area contributed by atoms with Crippen LogP contribution in [0.25, 0.3) is 0 Å². The van der Waals surface area contributed by atoms with Crippen LogP contribution in [-0.2, 0) is 0 Å². The number of Topliss-reactive ketones (excluding diaryl/α,β-unsaturated/α-hetero) is 1. The van der Waals surface area contributed by atoms with Gasteiger partial charge in [0, 0.05) is 0 Å². The quantitative estimate of drug-likeness (QED) is 0.846. The molecule has 0 amide bonds. The van der Waals surface area contributed by atoms with Gasteiger partial charge in [-0.2, -0.15) is 0 Å². The van der Waals surface area contributed by atoms with Crippen molar-refractivity contribution in [1.82, 2.24) is 0 Å². The van der Waals surface area contributed by atoms with Crippen LogP contribution in [0.3, 0.4) is 0 Å². The molecule has 1 rings (SSSR count). The molecule has 3 nitrogen and oxygen atoms in total. The summed E-state index contributed by atoms with van der Waals surface area (Å²) >= 11 is 3.23. The number of ketones is 1. The molecule has 0 saturated heterocycles. The third-order valence-corrected chi connectivity index (χ3v) is 2.53. The fourth-order valence-electron chi connectivity index (χ4n) is 1.25. The molecule has 0 radical (unpaired) electrons. The number of carbonyl (C=O) groups excluding carboxylic acids is 1. The van der Waals surface area contributed by atoms with Crippen LogP contribution >= 0.6 is 15.9 Å². The summed E-state index contributed by atoms with van der Waals surface area (Å²) in [6.07, 6.45) is 2.14. The van der Waals surface area contributed by atoms with Crippen molar-refractivity contribution in [3.8, 4) is 0 Å². The Bertz CT molecular complexity index is 320. The van der Waals surface area contributed by atoms with E-state index in [1.54, 1.807) is 6.07 Å². The summed E-state index contributed by atoms with van der Waals surface area (Å²) in [5, 5.41) is 0. The fourth-order valence-corrected chi connectivity index (χ4v) is 1.65. The Kier molecular flexibility index (Phi) is 3.89. The van der Waals surface area contributed by atoms with Crippen LogP contribution in [0.15, 0.2) is 21.2 Å². The summed E-state index contributed by atoms with van der Waals surface area (Å²) in [6.45, 7) is 4.06. The predicted molar refractivity (Wildman–Crippen MR) is 58.2 cm³/mol. The minimum Gasteiger partial charge on any atom is -0.460 e. The summed E-state index contributed by atoms with van der Waals surface area (Å²) in [4.78, 5) is 11.7. The van der Waals surface area contributed by atoms with E-state index in [-0.39, 0.29) is 5.78 Å².